The third kappa shape index (κ3) is 2.77. The fourth-order valence-corrected chi connectivity index (χ4v) is 6.48. The van der Waals surface area contributed by atoms with Gasteiger partial charge in [-0.2, -0.15) is 0 Å². The molecule has 0 radical (unpaired) electrons. The Labute approximate surface area is 212 Å². The molecule has 0 aliphatic heterocycles. The van der Waals surface area contributed by atoms with Crippen LogP contribution in [0.3, 0.4) is 0 Å². The summed E-state index contributed by atoms with van der Waals surface area (Å²) in [5.41, 5.74) is 14.6. The quantitative estimate of drug-likeness (QED) is 0.241. The zero-order valence-corrected chi connectivity index (χ0v) is 21.3. The van der Waals surface area contributed by atoms with Crippen LogP contribution < -0.4 is 0 Å². The van der Waals surface area contributed by atoms with Crippen molar-refractivity contribution in [2.75, 3.05) is 0 Å². The van der Waals surface area contributed by atoms with E-state index in [0.29, 0.717) is 0 Å². The van der Waals surface area contributed by atoms with Gasteiger partial charge in [0, 0.05) is 21.9 Å². The molecule has 0 saturated heterocycles. The van der Waals surface area contributed by atoms with Crippen molar-refractivity contribution in [1.29, 1.82) is 0 Å². The maximum atomic E-state index is 2.49. The fraction of sp³-hybridized carbons (Fsp3) is 0.143. The molecule has 0 spiro atoms. The largest absolute Gasteiger partial charge is 0.309 e. The molecule has 36 heavy (non-hydrogen) atoms. The highest BCUT2D eigenvalue weighted by Crippen LogP contribution is 2.51. The normalized spacial score (nSPS) is 13.8. The van der Waals surface area contributed by atoms with Crippen molar-refractivity contribution in [2.24, 2.45) is 0 Å². The second-order valence-corrected chi connectivity index (χ2v) is 10.7. The van der Waals surface area contributed by atoms with E-state index in [-0.39, 0.29) is 5.41 Å². The van der Waals surface area contributed by atoms with Crippen molar-refractivity contribution < 1.29 is 0 Å². The summed E-state index contributed by atoms with van der Waals surface area (Å²) >= 11 is 0. The first-order valence-electron chi connectivity index (χ1n) is 12.8. The van der Waals surface area contributed by atoms with Crippen molar-refractivity contribution in [3.63, 3.8) is 0 Å². The van der Waals surface area contributed by atoms with E-state index >= 15 is 0 Å². The number of benzene rings is 5. The molecule has 1 aromatic heterocycles. The molecule has 1 heterocycles. The number of nitrogens with zero attached hydrogens (tertiary/aromatic N) is 1. The van der Waals surface area contributed by atoms with Crippen molar-refractivity contribution in [3.05, 3.63) is 125 Å². The van der Waals surface area contributed by atoms with Crippen molar-refractivity contribution in [2.45, 2.75) is 33.1 Å². The van der Waals surface area contributed by atoms with Gasteiger partial charge in [-0.05, 0) is 82.6 Å². The molecule has 0 amide bonds. The zero-order chi connectivity index (χ0) is 24.6. The average molecular weight is 464 g/mol. The molecule has 0 fully saturated rings. The van der Waals surface area contributed by atoms with Gasteiger partial charge in [0.25, 0.3) is 0 Å². The molecule has 6 aromatic rings. The molecule has 5 aromatic carbocycles. The van der Waals surface area contributed by atoms with E-state index in [4.69, 9.17) is 0 Å². The van der Waals surface area contributed by atoms with E-state index in [1.807, 2.05) is 0 Å². The molecule has 0 N–H and O–H groups in total. The molecule has 174 valence electrons. The lowest BCUT2D eigenvalue weighted by Gasteiger charge is -2.21. The number of para-hydroxylation sites is 1. The SMILES string of the molecule is Cc1ccccc1-c1ccc2c3cc4c(cc3n(-c3ccccc3)c2c1C)C(C)(C)c1ccccc1-4. The Morgan fingerprint density at radius 3 is 2.03 bits per heavy atom. The van der Waals surface area contributed by atoms with Gasteiger partial charge in [-0.15, -0.1) is 0 Å². The van der Waals surface area contributed by atoms with Crippen LogP contribution in [0, 0.1) is 13.8 Å². The Morgan fingerprint density at radius 1 is 0.556 bits per heavy atom. The second-order valence-electron chi connectivity index (χ2n) is 10.7. The van der Waals surface area contributed by atoms with Crippen LogP contribution in [0.5, 0.6) is 0 Å². The standard InChI is InChI=1S/C35H29N/c1-22-12-8-9-15-25(22)26-18-19-28-30-20-29-27-16-10-11-17-31(27)35(3,4)32(29)21-33(30)36(34(28)23(26)2)24-13-6-5-7-14-24/h5-21H,1-4H3. The van der Waals surface area contributed by atoms with Crippen LogP contribution in [0.15, 0.2) is 103 Å². The second kappa shape index (κ2) is 7.45. The molecule has 0 atom stereocenters. The molecule has 1 heteroatoms. The predicted molar refractivity (Wildman–Crippen MR) is 153 cm³/mol. The van der Waals surface area contributed by atoms with E-state index in [2.05, 4.69) is 135 Å². The molecular formula is C35H29N. The first-order valence-corrected chi connectivity index (χ1v) is 12.8. The van der Waals surface area contributed by atoms with Gasteiger partial charge in [0.05, 0.1) is 11.0 Å². The van der Waals surface area contributed by atoms with Crippen LogP contribution in [-0.2, 0) is 5.41 Å². The first-order chi connectivity index (χ1) is 17.5. The molecule has 1 aliphatic rings. The minimum Gasteiger partial charge on any atom is -0.309 e. The number of aryl methyl sites for hydroxylation is 2. The maximum absolute atomic E-state index is 2.49. The molecule has 1 nitrogen and oxygen atoms in total. The molecule has 0 saturated carbocycles. The highest BCUT2D eigenvalue weighted by molar-refractivity contribution is 6.13. The van der Waals surface area contributed by atoms with Crippen LogP contribution in [0.2, 0.25) is 0 Å². The van der Waals surface area contributed by atoms with Crippen LogP contribution in [0.4, 0.5) is 0 Å². The van der Waals surface area contributed by atoms with E-state index in [1.54, 1.807) is 0 Å². The number of hydrogen-bond acceptors (Lipinski definition) is 0. The van der Waals surface area contributed by atoms with Gasteiger partial charge in [-0.1, -0.05) is 92.7 Å². The highest BCUT2D eigenvalue weighted by atomic mass is 15.0. The summed E-state index contributed by atoms with van der Waals surface area (Å²) < 4.78 is 2.49. The molecular weight excluding hydrogens is 434 g/mol. The van der Waals surface area contributed by atoms with Gasteiger partial charge in [-0.25, -0.2) is 0 Å². The monoisotopic (exact) mass is 463 g/mol. The summed E-state index contributed by atoms with van der Waals surface area (Å²) in [7, 11) is 0. The topological polar surface area (TPSA) is 4.93 Å². The summed E-state index contributed by atoms with van der Waals surface area (Å²) in [6, 6.07) is 38.0. The van der Waals surface area contributed by atoms with Gasteiger partial charge < -0.3 is 4.57 Å². The lowest BCUT2D eigenvalue weighted by atomic mass is 9.82. The first kappa shape index (κ1) is 21.2. The van der Waals surface area contributed by atoms with Gasteiger partial charge in [0.15, 0.2) is 0 Å². The van der Waals surface area contributed by atoms with Crippen LogP contribution in [-0.4, -0.2) is 4.57 Å². The number of aromatic nitrogens is 1. The minimum atomic E-state index is -0.0283. The van der Waals surface area contributed by atoms with Gasteiger partial charge in [-0.3, -0.25) is 0 Å². The highest BCUT2D eigenvalue weighted by Gasteiger charge is 2.36. The number of fused-ring (bicyclic) bond motifs is 6. The summed E-state index contributed by atoms with van der Waals surface area (Å²) in [4.78, 5) is 0. The molecule has 7 rings (SSSR count). The summed E-state index contributed by atoms with van der Waals surface area (Å²) in [6.45, 7) is 9.21. The van der Waals surface area contributed by atoms with Gasteiger partial charge >= 0.3 is 0 Å². The summed E-state index contributed by atoms with van der Waals surface area (Å²) in [5, 5.41) is 2.63. The Balaban J connectivity index is 1.64. The maximum Gasteiger partial charge on any atom is 0.0576 e. The van der Waals surface area contributed by atoms with Gasteiger partial charge in [0.2, 0.25) is 0 Å². The fourth-order valence-electron chi connectivity index (χ4n) is 6.48. The third-order valence-corrected chi connectivity index (χ3v) is 8.34. The summed E-state index contributed by atoms with van der Waals surface area (Å²) in [5.74, 6) is 0. The molecule has 0 bridgehead atoms. The van der Waals surface area contributed by atoms with E-state index < -0.39 is 0 Å². The van der Waals surface area contributed by atoms with Crippen molar-refractivity contribution >= 4 is 21.8 Å². The Morgan fingerprint density at radius 2 is 1.25 bits per heavy atom. The molecule has 1 aliphatic carbocycles. The smallest absolute Gasteiger partial charge is 0.0576 e. The zero-order valence-electron chi connectivity index (χ0n) is 21.3. The lowest BCUT2D eigenvalue weighted by Crippen LogP contribution is -2.14. The third-order valence-electron chi connectivity index (χ3n) is 8.34. The van der Waals surface area contributed by atoms with Crippen LogP contribution in [0.1, 0.15) is 36.1 Å². The Bertz CT molecular complexity index is 1820. The van der Waals surface area contributed by atoms with E-state index in [1.165, 1.54) is 72.0 Å². The van der Waals surface area contributed by atoms with Crippen molar-refractivity contribution in [3.8, 4) is 27.9 Å². The van der Waals surface area contributed by atoms with E-state index in [9.17, 15) is 0 Å². The predicted octanol–water partition coefficient (Wildman–Crippen LogP) is 9.37. The summed E-state index contributed by atoms with van der Waals surface area (Å²) in [6.07, 6.45) is 0. The van der Waals surface area contributed by atoms with Crippen LogP contribution in [0.25, 0.3) is 49.7 Å². The van der Waals surface area contributed by atoms with Crippen LogP contribution >= 0.6 is 0 Å². The van der Waals surface area contributed by atoms with Gasteiger partial charge in [0.1, 0.15) is 0 Å². The van der Waals surface area contributed by atoms with E-state index in [0.717, 1.165) is 0 Å². The minimum absolute atomic E-state index is 0.0283. The average Bonchev–Trinajstić information content (AvgIpc) is 3.34. The number of rotatable bonds is 2. The Kier molecular flexibility index (Phi) is 4.39. The van der Waals surface area contributed by atoms with Crippen molar-refractivity contribution in [1.82, 2.24) is 4.57 Å². The number of hydrogen-bond donors (Lipinski definition) is 0. The lowest BCUT2D eigenvalue weighted by molar-refractivity contribution is 0.661. The Hall–Kier alpha value is -4.10. The molecule has 0 unspecified atom stereocenters.